The number of quaternary nitrogens is 1. The Morgan fingerprint density at radius 1 is 0.341 bits per heavy atom. The Labute approximate surface area is 293 Å². The predicted octanol–water partition coefficient (Wildman–Crippen LogP) is 10.6. The summed E-state index contributed by atoms with van der Waals surface area (Å²) in [4.78, 5) is 0. The van der Waals surface area contributed by atoms with Crippen LogP contribution in [0.3, 0.4) is 0 Å². The first kappa shape index (κ1) is 41.2. The molecule has 0 amide bonds. The topological polar surface area (TPSA) is 0 Å². The Bertz CT molecular complexity index is 764. The van der Waals surface area contributed by atoms with Gasteiger partial charge in [-0.25, -0.2) is 0 Å². The second-order valence-electron chi connectivity index (χ2n) is 13.9. The molecule has 0 aliphatic rings. The van der Waals surface area contributed by atoms with Crippen LogP contribution in [-0.4, -0.2) is 17.6 Å². The van der Waals surface area contributed by atoms with Crippen molar-refractivity contribution in [3.8, 4) is 0 Å². The van der Waals surface area contributed by atoms with Crippen LogP contribution in [0.2, 0.25) is 0 Å². The maximum atomic E-state index is 2.36. The van der Waals surface area contributed by atoms with E-state index >= 15 is 0 Å². The largest absolute Gasteiger partial charge is 1.00 e. The fourth-order valence-corrected chi connectivity index (χ4v) is 7.00. The summed E-state index contributed by atoms with van der Waals surface area (Å²) in [7, 11) is 0. The molecule has 0 saturated heterocycles. The molecule has 0 spiro atoms. The molecule has 0 N–H and O–H groups in total. The third-order valence-electron chi connectivity index (χ3n) is 9.69. The zero-order valence-electron chi connectivity index (χ0n) is 29.4. The Kier molecular flexibility index (Phi) is 27.6. The summed E-state index contributed by atoms with van der Waals surface area (Å²) < 4.78 is 1.23. The smallest absolute Gasteiger partial charge is 0.105 e. The Hall–Kier alpha value is -0.870. The van der Waals surface area contributed by atoms with Crippen LogP contribution in [0, 0.1) is 0 Å². The van der Waals surface area contributed by atoms with Crippen LogP contribution in [0.5, 0.6) is 0 Å². The van der Waals surface area contributed by atoms with Gasteiger partial charge < -0.3 is 28.5 Å². The molecule has 2 aromatic carbocycles. The van der Waals surface area contributed by atoms with Crippen molar-refractivity contribution in [2.75, 3.05) is 13.1 Å². The average molecular weight is 718 g/mol. The lowest BCUT2D eigenvalue weighted by atomic mass is 10.0. The number of hydrogen-bond acceptors (Lipinski definition) is 0. The highest BCUT2D eigenvalue weighted by atomic mass is 127. The molecule has 2 heteroatoms. The van der Waals surface area contributed by atoms with Crippen molar-refractivity contribution < 1.29 is 28.5 Å². The molecule has 0 aromatic heterocycles. The SMILES string of the molecule is CCCCCCCCCCCCCC[N+](CCCCCCCCCCCCCC)(Cc1ccccc1)Cc1ccccc1.[I-]. The monoisotopic (exact) mass is 717 g/mol. The summed E-state index contributed by atoms with van der Waals surface area (Å²) in [6, 6.07) is 22.7. The molecule has 0 atom stereocenters. The summed E-state index contributed by atoms with van der Waals surface area (Å²) >= 11 is 0. The lowest BCUT2D eigenvalue weighted by Crippen LogP contribution is -3.00. The van der Waals surface area contributed by atoms with E-state index in [9.17, 15) is 0 Å². The second-order valence-corrected chi connectivity index (χ2v) is 13.9. The highest BCUT2D eigenvalue weighted by molar-refractivity contribution is 5.15. The highest BCUT2D eigenvalue weighted by Gasteiger charge is 2.27. The third-order valence-corrected chi connectivity index (χ3v) is 9.69. The molecule has 0 fully saturated rings. The van der Waals surface area contributed by atoms with Crippen LogP contribution < -0.4 is 24.0 Å². The Morgan fingerprint density at radius 3 is 0.864 bits per heavy atom. The van der Waals surface area contributed by atoms with Crippen LogP contribution in [0.1, 0.15) is 179 Å². The maximum Gasteiger partial charge on any atom is 0.105 e. The number of nitrogens with zero attached hydrogens (tertiary/aromatic N) is 1. The van der Waals surface area contributed by atoms with Crippen LogP contribution in [0.25, 0.3) is 0 Å². The molecule has 0 radical (unpaired) electrons. The van der Waals surface area contributed by atoms with E-state index in [1.165, 1.54) is 196 Å². The second kappa shape index (κ2) is 29.5. The molecule has 2 aromatic rings. The number of halogens is 1. The quantitative estimate of drug-likeness (QED) is 0.0429. The molecule has 0 unspecified atom stereocenters. The van der Waals surface area contributed by atoms with Crippen LogP contribution in [-0.2, 0) is 13.1 Å². The first-order chi connectivity index (χ1) is 21.3. The van der Waals surface area contributed by atoms with Gasteiger partial charge in [0.15, 0.2) is 0 Å². The minimum absolute atomic E-state index is 0. The maximum absolute atomic E-state index is 2.36. The van der Waals surface area contributed by atoms with Gasteiger partial charge >= 0.3 is 0 Å². The van der Waals surface area contributed by atoms with Gasteiger partial charge in [0.05, 0.1) is 13.1 Å². The Balaban J connectivity index is 0.00000968. The molecule has 1 nitrogen and oxygen atoms in total. The van der Waals surface area contributed by atoms with Crippen molar-refractivity contribution in [3.05, 3.63) is 71.8 Å². The van der Waals surface area contributed by atoms with Crippen LogP contribution >= 0.6 is 0 Å². The molecule has 2 rings (SSSR count). The summed E-state index contributed by atoms with van der Waals surface area (Å²) in [6.45, 7) is 9.60. The van der Waals surface area contributed by atoms with Gasteiger partial charge in [0.2, 0.25) is 0 Å². The van der Waals surface area contributed by atoms with Crippen molar-refractivity contribution >= 4 is 0 Å². The van der Waals surface area contributed by atoms with E-state index in [2.05, 4.69) is 74.5 Å². The molecular formula is C42H72IN. The van der Waals surface area contributed by atoms with Crippen LogP contribution in [0.15, 0.2) is 60.7 Å². The van der Waals surface area contributed by atoms with Gasteiger partial charge in [-0.3, -0.25) is 0 Å². The van der Waals surface area contributed by atoms with Gasteiger partial charge in [0.1, 0.15) is 13.1 Å². The zero-order valence-corrected chi connectivity index (χ0v) is 31.6. The van der Waals surface area contributed by atoms with E-state index < -0.39 is 0 Å². The average Bonchev–Trinajstić information content (AvgIpc) is 3.03. The van der Waals surface area contributed by atoms with Gasteiger partial charge in [-0.15, -0.1) is 0 Å². The third kappa shape index (κ3) is 21.8. The first-order valence-electron chi connectivity index (χ1n) is 19.2. The normalized spacial score (nSPS) is 11.5. The van der Waals surface area contributed by atoms with Gasteiger partial charge in [-0.05, 0) is 25.7 Å². The minimum Gasteiger partial charge on any atom is -1.00 e. The summed E-state index contributed by atoms with van der Waals surface area (Å²) in [5, 5.41) is 0. The van der Waals surface area contributed by atoms with Gasteiger partial charge in [0, 0.05) is 11.1 Å². The highest BCUT2D eigenvalue weighted by Crippen LogP contribution is 2.24. The van der Waals surface area contributed by atoms with Gasteiger partial charge in [-0.1, -0.05) is 203 Å². The van der Waals surface area contributed by atoms with Gasteiger partial charge in [-0.2, -0.15) is 0 Å². The van der Waals surface area contributed by atoms with E-state index in [-0.39, 0.29) is 24.0 Å². The molecule has 0 saturated carbocycles. The fourth-order valence-electron chi connectivity index (χ4n) is 7.00. The summed E-state index contributed by atoms with van der Waals surface area (Å²) in [5.74, 6) is 0. The molecular weight excluding hydrogens is 645 g/mol. The zero-order chi connectivity index (χ0) is 30.5. The van der Waals surface area contributed by atoms with Crippen molar-refractivity contribution in [2.24, 2.45) is 0 Å². The van der Waals surface area contributed by atoms with E-state index in [4.69, 9.17) is 0 Å². The fraction of sp³-hybridized carbons (Fsp3) is 0.714. The lowest BCUT2D eigenvalue weighted by Gasteiger charge is -2.39. The number of rotatable bonds is 30. The van der Waals surface area contributed by atoms with E-state index in [1.54, 1.807) is 0 Å². The van der Waals surface area contributed by atoms with E-state index in [0.717, 1.165) is 0 Å². The van der Waals surface area contributed by atoms with E-state index in [1.807, 2.05) is 0 Å². The predicted molar refractivity (Wildman–Crippen MR) is 192 cm³/mol. The molecule has 0 heterocycles. The van der Waals surface area contributed by atoms with Crippen molar-refractivity contribution in [1.29, 1.82) is 0 Å². The number of hydrogen-bond donors (Lipinski definition) is 0. The molecule has 0 aliphatic carbocycles. The van der Waals surface area contributed by atoms with Crippen molar-refractivity contribution in [2.45, 2.75) is 181 Å². The van der Waals surface area contributed by atoms with Crippen molar-refractivity contribution in [3.63, 3.8) is 0 Å². The first-order valence-corrected chi connectivity index (χ1v) is 19.2. The summed E-state index contributed by atoms with van der Waals surface area (Å²) in [5.41, 5.74) is 3.02. The minimum atomic E-state index is 0. The standard InChI is InChI=1S/C42H72N.HI/c1-3-5-7-9-11-13-15-17-19-21-23-31-37-43(39-41-33-27-25-28-34-41,40-42-35-29-26-30-36-42)38-32-24-22-20-18-16-14-12-10-8-6-4-2;/h25-30,33-36H,3-24,31-32,37-40H2,1-2H3;1H/q+1;/p-1. The molecule has 44 heavy (non-hydrogen) atoms. The number of benzene rings is 2. The summed E-state index contributed by atoms with van der Waals surface area (Å²) in [6.07, 6.45) is 34.2. The molecule has 0 aliphatic heterocycles. The molecule has 252 valence electrons. The van der Waals surface area contributed by atoms with E-state index in [0.29, 0.717) is 0 Å². The van der Waals surface area contributed by atoms with Crippen LogP contribution in [0.4, 0.5) is 0 Å². The Morgan fingerprint density at radius 2 is 0.591 bits per heavy atom. The van der Waals surface area contributed by atoms with Crippen molar-refractivity contribution in [1.82, 2.24) is 0 Å². The molecule has 0 bridgehead atoms. The number of unbranched alkanes of at least 4 members (excludes halogenated alkanes) is 22. The van der Waals surface area contributed by atoms with Gasteiger partial charge in [0.25, 0.3) is 0 Å². The lowest BCUT2D eigenvalue weighted by molar-refractivity contribution is -0.954.